The van der Waals surface area contributed by atoms with Gasteiger partial charge in [-0.15, -0.1) is 0 Å². The van der Waals surface area contributed by atoms with Gasteiger partial charge in [0, 0.05) is 6.04 Å². The molecule has 0 spiro atoms. The molecule has 0 aliphatic carbocycles. The van der Waals surface area contributed by atoms with E-state index in [1.54, 1.807) is 0 Å². The maximum absolute atomic E-state index is 5.77. The van der Waals surface area contributed by atoms with Crippen LogP contribution in [0.1, 0.15) is 32.6 Å². The van der Waals surface area contributed by atoms with Crippen molar-refractivity contribution >= 4 is 11.8 Å². The lowest BCUT2D eigenvalue weighted by atomic mass is 9.97. The highest BCUT2D eigenvalue weighted by atomic mass is 32.2. The molecule has 66 valence electrons. The molecular formula is C9H19NS. The van der Waals surface area contributed by atoms with Crippen LogP contribution < -0.4 is 5.73 Å². The van der Waals surface area contributed by atoms with Crippen molar-refractivity contribution < 1.29 is 0 Å². The number of nitrogens with two attached hydrogens (primary N) is 1. The number of hydrogen-bond acceptors (Lipinski definition) is 2. The summed E-state index contributed by atoms with van der Waals surface area (Å²) in [7, 11) is 0. The molecule has 1 heterocycles. The molecule has 2 atom stereocenters. The van der Waals surface area contributed by atoms with Gasteiger partial charge in [0.05, 0.1) is 0 Å². The molecule has 0 aromatic heterocycles. The Balaban J connectivity index is 2.20. The van der Waals surface area contributed by atoms with E-state index >= 15 is 0 Å². The van der Waals surface area contributed by atoms with Crippen LogP contribution in [0, 0.1) is 5.92 Å². The molecule has 0 saturated carbocycles. The zero-order valence-electron chi connectivity index (χ0n) is 7.38. The van der Waals surface area contributed by atoms with Crippen LogP contribution in [0.25, 0.3) is 0 Å². The predicted molar refractivity (Wildman–Crippen MR) is 52.9 cm³/mol. The van der Waals surface area contributed by atoms with Gasteiger partial charge < -0.3 is 5.73 Å². The topological polar surface area (TPSA) is 26.0 Å². The first kappa shape index (κ1) is 9.40. The van der Waals surface area contributed by atoms with Crippen molar-refractivity contribution in [3.63, 3.8) is 0 Å². The van der Waals surface area contributed by atoms with E-state index in [1.165, 1.54) is 37.2 Å². The standard InChI is InChI=1S/C9H19NS/c1-8(10)6-9-4-2-3-5-11-7-9/h8-9H,2-7,10H2,1H3. The lowest BCUT2D eigenvalue weighted by Gasteiger charge is -2.15. The van der Waals surface area contributed by atoms with E-state index in [4.69, 9.17) is 5.73 Å². The van der Waals surface area contributed by atoms with Crippen LogP contribution in [0.5, 0.6) is 0 Å². The third kappa shape index (κ3) is 4.02. The van der Waals surface area contributed by atoms with Crippen molar-refractivity contribution in [2.24, 2.45) is 11.7 Å². The normalized spacial score (nSPS) is 29.5. The van der Waals surface area contributed by atoms with Crippen LogP contribution in [0.15, 0.2) is 0 Å². The summed E-state index contributed by atoms with van der Waals surface area (Å²) in [5.74, 6) is 3.62. The van der Waals surface area contributed by atoms with Crippen LogP contribution >= 0.6 is 11.8 Å². The second-order valence-corrected chi connectivity index (χ2v) is 4.80. The van der Waals surface area contributed by atoms with Gasteiger partial charge in [-0.25, -0.2) is 0 Å². The van der Waals surface area contributed by atoms with E-state index in [9.17, 15) is 0 Å². The third-order valence-corrected chi connectivity index (χ3v) is 3.49. The fourth-order valence-corrected chi connectivity index (χ4v) is 2.89. The number of hydrogen-bond donors (Lipinski definition) is 1. The van der Waals surface area contributed by atoms with Crippen molar-refractivity contribution in [3.8, 4) is 0 Å². The number of thioether (sulfide) groups is 1. The molecule has 1 saturated heterocycles. The highest BCUT2D eigenvalue weighted by Gasteiger charge is 2.13. The van der Waals surface area contributed by atoms with Gasteiger partial charge in [0.15, 0.2) is 0 Å². The minimum atomic E-state index is 0.402. The molecule has 1 fully saturated rings. The molecule has 0 amide bonds. The van der Waals surface area contributed by atoms with E-state index in [0.717, 1.165) is 5.92 Å². The maximum Gasteiger partial charge on any atom is 0.00134 e. The summed E-state index contributed by atoms with van der Waals surface area (Å²) in [5.41, 5.74) is 5.77. The van der Waals surface area contributed by atoms with Crippen molar-refractivity contribution in [1.29, 1.82) is 0 Å². The van der Waals surface area contributed by atoms with Crippen molar-refractivity contribution in [2.75, 3.05) is 11.5 Å². The average Bonchev–Trinajstić information content (AvgIpc) is 2.14. The fourth-order valence-electron chi connectivity index (χ4n) is 1.68. The van der Waals surface area contributed by atoms with Gasteiger partial charge in [-0.3, -0.25) is 0 Å². The Kier molecular flexibility index (Phi) is 4.31. The Hall–Kier alpha value is 0.310. The molecule has 2 unspecified atom stereocenters. The van der Waals surface area contributed by atoms with E-state index in [-0.39, 0.29) is 0 Å². The van der Waals surface area contributed by atoms with E-state index in [2.05, 4.69) is 18.7 Å². The minimum Gasteiger partial charge on any atom is -0.328 e. The Morgan fingerprint density at radius 2 is 2.36 bits per heavy atom. The van der Waals surface area contributed by atoms with Crippen LogP contribution in [0.3, 0.4) is 0 Å². The van der Waals surface area contributed by atoms with E-state index in [0.29, 0.717) is 6.04 Å². The summed E-state index contributed by atoms with van der Waals surface area (Å²) in [6.07, 6.45) is 5.48. The largest absolute Gasteiger partial charge is 0.328 e. The maximum atomic E-state index is 5.77. The molecule has 1 nitrogen and oxygen atoms in total. The van der Waals surface area contributed by atoms with Crippen molar-refractivity contribution in [3.05, 3.63) is 0 Å². The molecule has 0 bridgehead atoms. The zero-order valence-corrected chi connectivity index (χ0v) is 8.20. The predicted octanol–water partition coefficient (Wildman–Crippen LogP) is 2.26. The first-order valence-electron chi connectivity index (χ1n) is 4.62. The summed E-state index contributed by atoms with van der Waals surface area (Å²) in [5, 5.41) is 0. The molecule has 1 rings (SSSR count). The second kappa shape index (κ2) is 5.04. The van der Waals surface area contributed by atoms with Crippen LogP contribution in [-0.4, -0.2) is 17.5 Å². The molecule has 0 aromatic carbocycles. The Bertz CT molecular complexity index is 95.7. The Morgan fingerprint density at radius 3 is 3.09 bits per heavy atom. The molecular weight excluding hydrogens is 154 g/mol. The Morgan fingerprint density at radius 1 is 1.55 bits per heavy atom. The smallest absolute Gasteiger partial charge is 0.00134 e. The summed E-state index contributed by atoms with van der Waals surface area (Å²) >= 11 is 2.11. The van der Waals surface area contributed by atoms with Gasteiger partial charge in [-0.2, -0.15) is 11.8 Å². The fraction of sp³-hybridized carbons (Fsp3) is 1.00. The van der Waals surface area contributed by atoms with Gasteiger partial charge in [0.2, 0.25) is 0 Å². The van der Waals surface area contributed by atoms with Gasteiger partial charge in [-0.05, 0) is 43.6 Å². The average molecular weight is 173 g/mol. The van der Waals surface area contributed by atoms with Crippen molar-refractivity contribution in [1.82, 2.24) is 0 Å². The van der Waals surface area contributed by atoms with Gasteiger partial charge >= 0.3 is 0 Å². The highest BCUT2D eigenvalue weighted by Crippen LogP contribution is 2.24. The lowest BCUT2D eigenvalue weighted by molar-refractivity contribution is 0.450. The zero-order chi connectivity index (χ0) is 8.10. The van der Waals surface area contributed by atoms with Gasteiger partial charge in [-0.1, -0.05) is 6.42 Å². The minimum absolute atomic E-state index is 0.402. The molecule has 1 aliphatic rings. The molecule has 1 aliphatic heterocycles. The molecule has 0 radical (unpaired) electrons. The van der Waals surface area contributed by atoms with E-state index < -0.39 is 0 Å². The Labute approximate surface area is 74.1 Å². The molecule has 0 aromatic rings. The molecule has 2 N–H and O–H groups in total. The van der Waals surface area contributed by atoms with E-state index in [1.807, 2.05) is 0 Å². The lowest BCUT2D eigenvalue weighted by Crippen LogP contribution is -2.20. The summed E-state index contributed by atoms with van der Waals surface area (Å²) in [6.45, 7) is 2.12. The quantitative estimate of drug-likeness (QED) is 0.693. The summed E-state index contributed by atoms with van der Waals surface area (Å²) in [4.78, 5) is 0. The monoisotopic (exact) mass is 173 g/mol. The van der Waals surface area contributed by atoms with Gasteiger partial charge in [0.1, 0.15) is 0 Å². The molecule has 11 heavy (non-hydrogen) atoms. The van der Waals surface area contributed by atoms with Crippen LogP contribution in [0.2, 0.25) is 0 Å². The van der Waals surface area contributed by atoms with Crippen molar-refractivity contribution in [2.45, 2.75) is 38.6 Å². The summed E-state index contributed by atoms with van der Waals surface area (Å²) in [6, 6.07) is 0.402. The highest BCUT2D eigenvalue weighted by molar-refractivity contribution is 7.99. The second-order valence-electron chi connectivity index (χ2n) is 3.65. The van der Waals surface area contributed by atoms with Gasteiger partial charge in [0.25, 0.3) is 0 Å². The molecule has 2 heteroatoms. The SMILES string of the molecule is CC(N)CC1CCCCSC1. The first-order chi connectivity index (χ1) is 5.29. The first-order valence-corrected chi connectivity index (χ1v) is 5.78. The number of rotatable bonds is 2. The summed E-state index contributed by atoms with van der Waals surface area (Å²) < 4.78 is 0. The third-order valence-electron chi connectivity index (χ3n) is 2.21. The van der Waals surface area contributed by atoms with Crippen LogP contribution in [-0.2, 0) is 0 Å². The van der Waals surface area contributed by atoms with Crippen LogP contribution in [0.4, 0.5) is 0 Å².